The summed E-state index contributed by atoms with van der Waals surface area (Å²) in [4.78, 5) is 12.4. The fourth-order valence-electron chi connectivity index (χ4n) is 2.08. The highest BCUT2D eigenvalue weighted by Gasteiger charge is 2.35. The predicted octanol–water partition coefficient (Wildman–Crippen LogP) is 4.69. The second-order valence-corrected chi connectivity index (χ2v) is 4.84. The quantitative estimate of drug-likeness (QED) is 0.580. The van der Waals surface area contributed by atoms with Crippen molar-refractivity contribution in [2.75, 3.05) is 0 Å². The molecule has 1 nitrogen and oxygen atoms in total. The van der Waals surface area contributed by atoms with Gasteiger partial charge in [0.15, 0.2) is 5.78 Å². The van der Waals surface area contributed by atoms with Crippen molar-refractivity contribution in [3.63, 3.8) is 0 Å². The molecule has 0 bridgehead atoms. The van der Waals surface area contributed by atoms with Crippen molar-refractivity contribution in [2.45, 2.75) is 20.0 Å². The van der Waals surface area contributed by atoms with Gasteiger partial charge in [-0.15, -0.1) is 0 Å². The van der Waals surface area contributed by atoms with Gasteiger partial charge in [0, 0.05) is 11.1 Å². The fourth-order valence-corrected chi connectivity index (χ4v) is 2.08. The van der Waals surface area contributed by atoms with E-state index in [0.717, 1.165) is 5.56 Å². The van der Waals surface area contributed by atoms with Gasteiger partial charge in [0.2, 0.25) is 0 Å². The average Bonchev–Trinajstić information content (AvgIpc) is 2.39. The topological polar surface area (TPSA) is 17.1 Å². The Hall–Kier alpha value is -2.17. The van der Waals surface area contributed by atoms with Crippen molar-refractivity contribution in [3.8, 4) is 0 Å². The Morgan fingerprint density at radius 2 is 1.62 bits per heavy atom. The molecule has 2 aromatic rings. The maximum atomic E-state index is 13.3. The van der Waals surface area contributed by atoms with E-state index < -0.39 is 28.9 Å². The molecule has 0 radical (unpaired) electrons. The minimum Gasteiger partial charge on any atom is -0.289 e. The van der Waals surface area contributed by atoms with Gasteiger partial charge in [0.25, 0.3) is 0 Å². The summed E-state index contributed by atoms with van der Waals surface area (Å²) >= 11 is 0. The highest BCUT2D eigenvalue weighted by atomic mass is 19.4. The summed E-state index contributed by atoms with van der Waals surface area (Å²) in [6, 6.07) is 6.82. The SMILES string of the molecule is Cc1ccc(C)c(C(=O)c2cc(F)ccc2C(F)(F)F)c1. The molecule has 0 N–H and O–H groups in total. The number of ketones is 1. The number of hydrogen-bond acceptors (Lipinski definition) is 1. The van der Waals surface area contributed by atoms with Crippen LogP contribution < -0.4 is 0 Å². The number of hydrogen-bond donors (Lipinski definition) is 0. The molecule has 0 saturated carbocycles. The third-order valence-electron chi connectivity index (χ3n) is 3.17. The van der Waals surface area contributed by atoms with E-state index in [9.17, 15) is 22.4 Å². The van der Waals surface area contributed by atoms with Crippen molar-refractivity contribution in [1.29, 1.82) is 0 Å². The van der Waals surface area contributed by atoms with Gasteiger partial charge in [-0.05, 0) is 43.7 Å². The molecule has 2 aromatic carbocycles. The maximum Gasteiger partial charge on any atom is 0.417 e. The van der Waals surface area contributed by atoms with Gasteiger partial charge in [-0.2, -0.15) is 13.2 Å². The zero-order valence-electron chi connectivity index (χ0n) is 11.4. The van der Waals surface area contributed by atoms with E-state index >= 15 is 0 Å². The molecular formula is C16H12F4O. The Kier molecular flexibility index (Phi) is 3.85. The molecule has 0 saturated heterocycles. The monoisotopic (exact) mass is 296 g/mol. The molecule has 0 unspecified atom stereocenters. The maximum absolute atomic E-state index is 13.3. The van der Waals surface area contributed by atoms with Gasteiger partial charge in [-0.1, -0.05) is 17.7 Å². The van der Waals surface area contributed by atoms with Gasteiger partial charge < -0.3 is 0 Å². The summed E-state index contributed by atoms with van der Waals surface area (Å²) < 4.78 is 52.2. The van der Waals surface area contributed by atoms with E-state index in [4.69, 9.17) is 0 Å². The lowest BCUT2D eigenvalue weighted by molar-refractivity contribution is -0.137. The van der Waals surface area contributed by atoms with Gasteiger partial charge in [-0.3, -0.25) is 4.79 Å². The van der Waals surface area contributed by atoms with Crippen LogP contribution in [0.1, 0.15) is 32.6 Å². The third kappa shape index (κ3) is 3.12. The number of carbonyl (C=O) groups excluding carboxylic acids is 1. The molecule has 0 atom stereocenters. The molecular weight excluding hydrogens is 284 g/mol. The molecule has 110 valence electrons. The van der Waals surface area contributed by atoms with E-state index in [0.29, 0.717) is 23.8 Å². The molecule has 0 spiro atoms. The molecule has 0 aromatic heterocycles. The minimum atomic E-state index is -4.71. The molecule has 0 heterocycles. The minimum absolute atomic E-state index is 0.145. The molecule has 0 fully saturated rings. The second-order valence-electron chi connectivity index (χ2n) is 4.84. The van der Waals surface area contributed by atoms with Crippen molar-refractivity contribution in [2.24, 2.45) is 0 Å². The summed E-state index contributed by atoms with van der Waals surface area (Å²) in [7, 11) is 0. The predicted molar refractivity (Wildman–Crippen MR) is 70.8 cm³/mol. The van der Waals surface area contributed by atoms with Crippen molar-refractivity contribution in [1.82, 2.24) is 0 Å². The first-order valence-electron chi connectivity index (χ1n) is 6.19. The van der Waals surface area contributed by atoms with Crippen LogP contribution in [0.4, 0.5) is 17.6 Å². The van der Waals surface area contributed by atoms with E-state index in [1.54, 1.807) is 26.0 Å². The highest BCUT2D eigenvalue weighted by Crippen LogP contribution is 2.33. The van der Waals surface area contributed by atoms with E-state index in [2.05, 4.69) is 0 Å². The first-order chi connectivity index (χ1) is 9.70. The fraction of sp³-hybridized carbons (Fsp3) is 0.188. The lowest BCUT2D eigenvalue weighted by atomic mass is 9.94. The lowest BCUT2D eigenvalue weighted by Gasteiger charge is -2.13. The number of aryl methyl sites for hydroxylation is 2. The van der Waals surface area contributed by atoms with Crippen molar-refractivity contribution < 1.29 is 22.4 Å². The van der Waals surface area contributed by atoms with E-state index in [-0.39, 0.29) is 5.56 Å². The van der Waals surface area contributed by atoms with Crippen LogP contribution in [-0.4, -0.2) is 5.78 Å². The zero-order chi connectivity index (χ0) is 15.8. The van der Waals surface area contributed by atoms with Crippen LogP contribution in [0.3, 0.4) is 0 Å². The Balaban J connectivity index is 2.63. The number of rotatable bonds is 2. The van der Waals surface area contributed by atoms with Crippen LogP contribution in [0.25, 0.3) is 0 Å². The summed E-state index contributed by atoms with van der Waals surface area (Å²) in [6.07, 6.45) is -4.71. The Morgan fingerprint density at radius 1 is 0.952 bits per heavy atom. The largest absolute Gasteiger partial charge is 0.417 e. The third-order valence-corrected chi connectivity index (χ3v) is 3.17. The van der Waals surface area contributed by atoms with Gasteiger partial charge >= 0.3 is 6.18 Å². The van der Waals surface area contributed by atoms with Crippen LogP contribution in [0, 0.1) is 19.7 Å². The Labute approximate surface area is 119 Å². The van der Waals surface area contributed by atoms with Crippen LogP contribution in [0.15, 0.2) is 36.4 Å². The first-order valence-corrected chi connectivity index (χ1v) is 6.19. The standard InChI is InChI=1S/C16H12F4O/c1-9-3-4-10(2)12(7-9)15(21)13-8-11(17)5-6-14(13)16(18,19)20/h3-8H,1-2H3. The van der Waals surface area contributed by atoms with Crippen molar-refractivity contribution in [3.05, 3.63) is 70.0 Å². The second kappa shape index (κ2) is 5.31. The Bertz CT molecular complexity index is 702. The number of alkyl halides is 3. The highest BCUT2D eigenvalue weighted by molar-refractivity contribution is 6.11. The molecule has 0 aliphatic rings. The van der Waals surface area contributed by atoms with Gasteiger partial charge in [0.05, 0.1) is 5.56 Å². The average molecular weight is 296 g/mol. The smallest absolute Gasteiger partial charge is 0.289 e. The molecule has 5 heteroatoms. The van der Waals surface area contributed by atoms with Crippen molar-refractivity contribution >= 4 is 5.78 Å². The molecule has 0 amide bonds. The number of halogens is 4. The number of benzene rings is 2. The summed E-state index contributed by atoms with van der Waals surface area (Å²) in [5, 5.41) is 0. The molecule has 0 aliphatic carbocycles. The van der Waals surface area contributed by atoms with E-state index in [1.807, 2.05) is 0 Å². The molecule has 0 aliphatic heterocycles. The van der Waals surface area contributed by atoms with Gasteiger partial charge in [-0.25, -0.2) is 4.39 Å². The Morgan fingerprint density at radius 3 is 2.24 bits per heavy atom. The molecule has 21 heavy (non-hydrogen) atoms. The summed E-state index contributed by atoms with van der Waals surface area (Å²) in [6.45, 7) is 3.35. The first kappa shape index (κ1) is 15.2. The van der Waals surface area contributed by atoms with Crippen LogP contribution in [0.5, 0.6) is 0 Å². The molecule has 2 rings (SSSR count). The van der Waals surface area contributed by atoms with E-state index in [1.165, 1.54) is 6.07 Å². The van der Waals surface area contributed by atoms with Crippen LogP contribution in [0.2, 0.25) is 0 Å². The normalized spacial score (nSPS) is 11.5. The lowest BCUT2D eigenvalue weighted by Crippen LogP contribution is -2.15. The van der Waals surface area contributed by atoms with Gasteiger partial charge in [0.1, 0.15) is 5.82 Å². The summed E-state index contributed by atoms with van der Waals surface area (Å²) in [5.74, 6) is -1.71. The van der Waals surface area contributed by atoms with Crippen LogP contribution >= 0.6 is 0 Å². The van der Waals surface area contributed by atoms with Crippen LogP contribution in [-0.2, 0) is 6.18 Å². The summed E-state index contributed by atoms with van der Waals surface area (Å²) in [5.41, 5.74) is -0.367. The number of carbonyl (C=O) groups is 1. The zero-order valence-corrected chi connectivity index (χ0v) is 11.4.